The summed E-state index contributed by atoms with van der Waals surface area (Å²) < 4.78 is 16.3. The molecule has 1 heterocycles. The molecule has 1 aromatic heterocycles. The van der Waals surface area contributed by atoms with Crippen molar-refractivity contribution in [3.63, 3.8) is 0 Å². The second-order valence-electron chi connectivity index (χ2n) is 7.16. The molecular weight excluding hydrogens is 519 g/mol. The summed E-state index contributed by atoms with van der Waals surface area (Å²) in [5.41, 5.74) is 4.20. The average Bonchev–Trinajstić information content (AvgIpc) is 3.28. The molecule has 0 atom stereocenters. The van der Waals surface area contributed by atoms with Crippen LogP contribution in [0.25, 0.3) is 11.5 Å². The van der Waals surface area contributed by atoms with Crippen molar-refractivity contribution in [2.24, 2.45) is 4.99 Å². The molecule has 0 radical (unpaired) electrons. The van der Waals surface area contributed by atoms with Gasteiger partial charge in [-0.2, -0.15) is 0 Å². The molecule has 3 rings (SSSR count). The summed E-state index contributed by atoms with van der Waals surface area (Å²) in [4.78, 5) is 8.82. The molecule has 2 N–H and O–H groups in total. The third-order valence-corrected chi connectivity index (χ3v) is 4.89. The molecule has 0 unspecified atom stereocenters. The Balaban J connectivity index is 0.00000363. The first-order valence-electron chi connectivity index (χ1n) is 10.3. The Hall–Kier alpha value is -2.75. The van der Waals surface area contributed by atoms with Crippen LogP contribution >= 0.6 is 24.0 Å². The van der Waals surface area contributed by atoms with Crippen molar-refractivity contribution in [1.29, 1.82) is 0 Å². The van der Waals surface area contributed by atoms with Crippen molar-refractivity contribution in [3.05, 3.63) is 65.5 Å². The van der Waals surface area contributed by atoms with Gasteiger partial charge in [-0.3, -0.25) is 4.99 Å². The van der Waals surface area contributed by atoms with E-state index in [0.717, 1.165) is 48.1 Å². The number of oxazole rings is 1. The van der Waals surface area contributed by atoms with Gasteiger partial charge in [-0.25, -0.2) is 4.98 Å². The first-order chi connectivity index (χ1) is 15.1. The minimum atomic E-state index is 0. The maximum atomic E-state index is 5.61. The third kappa shape index (κ3) is 7.15. The van der Waals surface area contributed by atoms with Crippen molar-refractivity contribution in [2.75, 3.05) is 27.8 Å². The molecule has 0 saturated heterocycles. The van der Waals surface area contributed by atoms with Crippen LogP contribution in [-0.2, 0) is 13.0 Å². The fourth-order valence-electron chi connectivity index (χ4n) is 3.15. The Morgan fingerprint density at radius 2 is 1.78 bits per heavy atom. The monoisotopic (exact) mass is 550 g/mol. The van der Waals surface area contributed by atoms with Gasteiger partial charge in [0.15, 0.2) is 17.5 Å². The molecule has 0 saturated carbocycles. The summed E-state index contributed by atoms with van der Waals surface area (Å²) in [6, 6.07) is 14.1. The fourth-order valence-corrected chi connectivity index (χ4v) is 3.15. The van der Waals surface area contributed by atoms with Crippen molar-refractivity contribution < 1.29 is 13.9 Å². The van der Waals surface area contributed by atoms with Gasteiger partial charge in [0, 0.05) is 19.2 Å². The van der Waals surface area contributed by atoms with Gasteiger partial charge < -0.3 is 24.5 Å². The number of nitrogens with one attached hydrogen (secondary N) is 2. The number of aliphatic imine (C=N–C) groups is 1. The van der Waals surface area contributed by atoms with E-state index in [1.54, 1.807) is 27.5 Å². The molecule has 0 aliphatic carbocycles. The topological polar surface area (TPSA) is 80.9 Å². The minimum Gasteiger partial charge on any atom is -0.493 e. The van der Waals surface area contributed by atoms with E-state index in [1.807, 2.05) is 36.4 Å². The highest BCUT2D eigenvalue weighted by Crippen LogP contribution is 2.27. The van der Waals surface area contributed by atoms with E-state index in [9.17, 15) is 0 Å². The summed E-state index contributed by atoms with van der Waals surface area (Å²) in [5, 5.41) is 6.60. The molecule has 3 aromatic rings. The number of hydrogen-bond acceptors (Lipinski definition) is 5. The lowest BCUT2D eigenvalue weighted by Crippen LogP contribution is -2.37. The predicted octanol–water partition coefficient (Wildman–Crippen LogP) is 4.58. The van der Waals surface area contributed by atoms with Crippen LogP contribution in [0, 0.1) is 6.92 Å². The van der Waals surface area contributed by atoms with E-state index in [2.05, 4.69) is 33.6 Å². The second-order valence-corrected chi connectivity index (χ2v) is 7.16. The van der Waals surface area contributed by atoms with Gasteiger partial charge in [-0.15, -0.1) is 24.0 Å². The Bertz CT molecular complexity index is 1000. The van der Waals surface area contributed by atoms with E-state index in [0.29, 0.717) is 12.4 Å². The van der Waals surface area contributed by atoms with Crippen molar-refractivity contribution in [3.8, 4) is 23.0 Å². The highest BCUT2D eigenvalue weighted by molar-refractivity contribution is 14.0. The lowest BCUT2D eigenvalue weighted by Gasteiger charge is -2.12. The molecular formula is C24H31IN4O3. The van der Waals surface area contributed by atoms with E-state index in [4.69, 9.17) is 13.9 Å². The SMILES string of the molecule is CN=C(NCCCc1ccc(OC)c(OC)c1)NCc1coc(-c2ccc(C)cc2)n1.I. The fraction of sp³-hybridized carbons (Fsp3) is 0.333. The maximum absolute atomic E-state index is 5.61. The third-order valence-electron chi connectivity index (χ3n) is 4.89. The molecule has 32 heavy (non-hydrogen) atoms. The summed E-state index contributed by atoms with van der Waals surface area (Å²) in [5.74, 6) is 2.84. The molecule has 7 nitrogen and oxygen atoms in total. The number of methoxy groups -OCH3 is 2. The molecule has 0 aliphatic rings. The van der Waals surface area contributed by atoms with Crippen LogP contribution in [0.3, 0.4) is 0 Å². The second kappa shape index (κ2) is 12.9. The Labute approximate surface area is 206 Å². The lowest BCUT2D eigenvalue weighted by atomic mass is 10.1. The number of guanidine groups is 1. The standard InChI is InChI=1S/C24H30N4O3.HI/c1-17-7-10-19(11-8-17)23-28-20(16-31-23)15-27-24(25-2)26-13-5-6-18-9-12-21(29-3)22(14-18)30-4;/h7-12,14,16H,5-6,13,15H2,1-4H3,(H2,25,26,27);1H. The summed E-state index contributed by atoms with van der Waals surface area (Å²) in [6.45, 7) is 3.38. The quantitative estimate of drug-likeness (QED) is 0.176. The lowest BCUT2D eigenvalue weighted by molar-refractivity contribution is 0.354. The van der Waals surface area contributed by atoms with Gasteiger partial charge in [0.05, 0.1) is 26.5 Å². The van der Waals surface area contributed by atoms with E-state index in [1.165, 1.54) is 11.1 Å². The number of hydrogen-bond donors (Lipinski definition) is 2. The molecule has 0 bridgehead atoms. The Morgan fingerprint density at radius 1 is 1.03 bits per heavy atom. The molecule has 8 heteroatoms. The molecule has 0 spiro atoms. The van der Waals surface area contributed by atoms with Gasteiger partial charge >= 0.3 is 0 Å². The zero-order valence-electron chi connectivity index (χ0n) is 19.0. The number of aryl methyl sites for hydroxylation is 2. The Kier molecular flexibility index (Phi) is 10.3. The van der Waals surface area contributed by atoms with Crippen LogP contribution in [0.1, 0.15) is 23.2 Å². The van der Waals surface area contributed by atoms with Gasteiger partial charge in [0.1, 0.15) is 6.26 Å². The smallest absolute Gasteiger partial charge is 0.226 e. The van der Waals surface area contributed by atoms with Crippen LogP contribution in [0.2, 0.25) is 0 Å². The normalized spacial score (nSPS) is 10.9. The van der Waals surface area contributed by atoms with Gasteiger partial charge in [0.25, 0.3) is 0 Å². The highest BCUT2D eigenvalue weighted by atomic mass is 127. The first kappa shape index (κ1) is 25.5. The summed E-state index contributed by atoms with van der Waals surface area (Å²) in [7, 11) is 5.05. The predicted molar refractivity (Wildman–Crippen MR) is 138 cm³/mol. The van der Waals surface area contributed by atoms with Gasteiger partial charge in [0.2, 0.25) is 5.89 Å². The number of nitrogens with zero attached hydrogens (tertiary/aromatic N) is 2. The number of aromatic nitrogens is 1. The van der Waals surface area contributed by atoms with Crippen LogP contribution in [0.5, 0.6) is 11.5 Å². The maximum Gasteiger partial charge on any atom is 0.226 e. The summed E-state index contributed by atoms with van der Waals surface area (Å²) in [6.07, 6.45) is 3.55. The van der Waals surface area contributed by atoms with Crippen molar-refractivity contribution in [2.45, 2.75) is 26.3 Å². The molecule has 0 fully saturated rings. The molecule has 2 aromatic carbocycles. The van der Waals surface area contributed by atoms with Gasteiger partial charge in [-0.1, -0.05) is 23.8 Å². The Morgan fingerprint density at radius 3 is 2.47 bits per heavy atom. The van der Waals surface area contributed by atoms with Crippen molar-refractivity contribution in [1.82, 2.24) is 15.6 Å². The number of halogens is 1. The van der Waals surface area contributed by atoms with Crippen LogP contribution in [0.4, 0.5) is 0 Å². The van der Waals surface area contributed by atoms with Crippen LogP contribution in [-0.4, -0.2) is 38.8 Å². The highest BCUT2D eigenvalue weighted by Gasteiger charge is 2.08. The largest absolute Gasteiger partial charge is 0.493 e. The number of rotatable bonds is 9. The molecule has 0 aliphatic heterocycles. The zero-order valence-corrected chi connectivity index (χ0v) is 21.3. The van der Waals surface area contributed by atoms with Crippen LogP contribution < -0.4 is 20.1 Å². The van der Waals surface area contributed by atoms with Crippen molar-refractivity contribution >= 4 is 29.9 Å². The number of benzene rings is 2. The van der Waals surface area contributed by atoms with Gasteiger partial charge in [-0.05, 0) is 49.6 Å². The summed E-state index contributed by atoms with van der Waals surface area (Å²) >= 11 is 0. The molecule has 172 valence electrons. The first-order valence-corrected chi connectivity index (χ1v) is 10.3. The zero-order chi connectivity index (χ0) is 22.1. The van der Waals surface area contributed by atoms with Crippen LogP contribution in [0.15, 0.2) is 58.1 Å². The van der Waals surface area contributed by atoms with E-state index < -0.39 is 0 Å². The average molecular weight is 550 g/mol. The van der Waals surface area contributed by atoms with E-state index in [-0.39, 0.29) is 24.0 Å². The van der Waals surface area contributed by atoms with E-state index >= 15 is 0 Å². The molecule has 0 amide bonds. The minimum absolute atomic E-state index is 0. The number of ether oxygens (including phenoxy) is 2.